The number of esters is 2. The van der Waals surface area contributed by atoms with Gasteiger partial charge in [-0.05, 0) is 31.0 Å². The lowest BCUT2D eigenvalue weighted by Crippen LogP contribution is -2.43. The van der Waals surface area contributed by atoms with E-state index < -0.39 is 22.0 Å². The zero-order valence-corrected chi connectivity index (χ0v) is 15.6. The van der Waals surface area contributed by atoms with Gasteiger partial charge in [0, 0.05) is 19.1 Å². The largest absolute Gasteiger partial charge is 0.465 e. The molecule has 0 amide bonds. The van der Waals surface area contributed by atoms with E-state index >= 15 is 0 Å². The van der Waals surface area contributed by atoms with Gasteiger partial charge in [-0.25, -0.2) is 18.0 Å². The fourth-order valence-electron chi connectivity index (χ4n) is 2.51. The summed E-state index contributed by atoms with van der Waals surface area (Å²) >= 11 is 0. The minimum Gasteiger partial charge on any atom is -0.465 e. The van der Waals surface area contributed by atoms with Crippen LogP contribution >= 0.6 is 12.4 Å². The molecule has 2 rings (SSSR count). The number of sulfonamides is 1. The molecule has 140 valence electrons. The molecule has 1 aromatic carbocycles. The van der Waals surface area contributed by atoms with E-state index in [-0.39, 0.29) is 47.6 Å². The fraction of sp³-hybridized carbons (Fsp3) is 0.467. The number of nitrogens with zero attached hydrogens (tertiary/aromatic N) is 1. The summed E-state index contributed by atoms with van der Waals surface area (Å²) in [5.74, 6) is -1.48. The standard InChI is InChI=1S/C15H20N2O6S.ClH/c1-22-14(18)10-3-4-12(15(19)23-2)13(9-10)24(20,21)17-7-5-11(16)6-8-17;/h3-4,9,11H,5-8,16H2,1-2H3;1H. The highest BCUT2D eigenvalue weighted by Gasteiger charge is 2.32. The minimum atomic E-state index is -3.97. The van der Waals surface area contributed by atoms with E-state index in [4.69, 9.17) is 5.73 Å². The van der Waals surface area contributed by atoms with Crippen molar-refractivity contribution in [1.29, 1.82) is 0 Å². The van der Waals surface area contributed by atoms with Gasteiger partial charge >= 0.3 is 11.9 Å². The van der Waals surface area contributed by atoms with E-state index in [2.05, 4.69) is 9.47 Å². The Kier molecular flexibility index (Phi) is 7.36. The van der Waals surface area contributed by atoms with E-state index in [1.165, 1.54) is 23.5 Å². The second kappa shape index (κ2) is 8.61. The zero-order valence-electron chi connectivity index (χ0n) is 13.9. The Labute approximate surface area is 152 Å². The Morgan fingerprint density at radius 3 is 2.20 bits per heavy atom. The predicted molar refractivity (Wildman–Crippen MR) is 92.3 cm³/mol. The Hall–Kier alpha value is -1.68. The van der Waals surface area contributed by atoms with Crippen LogP contribution in [-0.2, 0) is 19.5 Å². The van der Waals surface area contributed by atoms with Crippen molar-refractivity contribution in [2.45, 2.75) is 23.8 Å². The van der Waals surface area contributed by atoms with Crippen LogP contribution in [0.2, 0.25) is 0 Å². The number of methoxy groups -OCH3 is 2. The van der Waals surface area contributed by atoms with Crippen molar-refractivity contribution in [2.24, 2.45) is 5.73 Å². The van der Waals surface area contributed by atoms with Gasteiger partial charge in [0.05, 0.1) is 30.2 Å². The van der Waals surface area contributed by atoms with Gasteiger partial charge < -0.3 is 15.2 Å². The first-order valence-electron chi connectivity index (χ1n) is 7.37. The molecular formula is C15H21ClN2O6S. The number of benzene rings is 1. The maximum atomic E-state index is 12.9. The lowest BCUT2D eigenvalue weighted by atomic mass is 10.1. The molecule has 1 aromatic rings. The number of piperidine rings is 1. The van der Waals surface area contributed by atoms with E-state index in [0.717, 1.165) is 13.2 Å². The third-order valence-corrected chi connectivity index (χ3v) is 5.86. The fourth-order valence-corrected chi connectivity index (χ4v) is 4.19. The van der Waals surface area contributed by atoms with Crippen LogP contribution in [0.5, 0.6) is 0 Å². The third-order valence-electron chi connectivity index (χ3n) is 3.92. The Bertz CT molecular complexity index is 744. The van der Waals surface area contributed by atoms with Crippen molar-refractivity contribution < 1.29 is 27.5 Å². The van der Waals surface area contributed by atoms with Crippen LogP contribution < -0.4 is 5.73 Å². The highest BCUT2D eigenvalue weighted by Crippen LogP contribution is 2.25. The van der Waals surface area contributed by atoms with Crippen LogP contribution in [0.3, 0.4) is 0 Å². The molecule has 0 spiro atoms. The van der Waals surface area contributed by atoms with Crippen LogP contribution in [0, 0.1) is 0 Å². The summed E-state index contributed by atoms with van der Waals surface area (Å²) in [5, 5.41) is 0. The summed E-state index contributed by atoms with van der Waals surface area (Å²) in [5.41, 5.74) is 5.72. The van der Waals surface area contributed by atoms with Gasteiger partial charge in [-0.15, -0.1) is 12.4 Å². The number of ether oxygens (including phenoxy) is 2. The topological polar surface area (TPSA) is 116 Å². The van der Waals surface area contributed by atoms with Crippen LogP contribution in [0.1, 0.15) is 33.6 Å². The van der Waals surface area contributed by atoms with Gasteiger partial charge in [-0.2, -0.15) is 4.31 Å². The highest BCUT2D eigenvalue weighted by atomic mass is 35.5. The van der Waals surface area contributed by atoms with E-state index in [1.54, 1.807) is 0 Å². The van der Waals surface area contributed by atoms with Crippen molar-refractivity contribution in [2.75, 3.05) is 27.3 Å². The molecule has 0 unspecified atom stereocenters. The molecular weight excluding hydrogens is 372 g/mol. The van der Waals surface area contributed by atoms with E-state index in [1.807, 2.05) is 0 Å². The molecule has 0 bridgehead atoms. The van der Waals surface area contributed by atoms with Gasteiger partial charge in [-0.3, -0.25) is 0 Å². The zero-order chi connectivity index (χ0) is 17.9. The summed E-state index contributed by atoms with van der Waals surface area (Å²) in [6, 6.07) is 3.67. The van der Waals surface area contributed by atoms with Crippen molar-refractivity contribution in [3.05, 3.63) is 29.3 Å². The number of carbonyl (C=O) groups is 2. The van der Waals surface area contributed by atoms with Gasteiger partial charge in [-0.1, -0.05) is 0 Å². The third kappa shape index (κ3) is 4.49. The molecule has 2 N–H and O–H groups in total. The Balaban J connectivity index is 0.00000312. The second-order valence-corrected chi connectivity index (χ2v) is 7.34. The second-order valence-electron chi connectivity index (χ2n) is 5.44. The number of carbonyl (C=O) groups excluding carboxylic acids is 2. The average Bonchev–Trinajstić information content (AvgIpc) is 2.60. The molecule has 0 aromatic heterocycles. The molecule has 1 saturated heterocycles. The molecule has 25 heavy (non-hydrogen) atoms. The van der Waals surface area contributed by atoms with Gasteiger partial charge in [0.15, 0.2) is 0 Å². The molecule has 8 nitrogen and oxygen atoms in total. The van der Waals surface area contributed by atoms with E-state index in [0.29, 0.717) is 12.8 Å². The van der Waals surface area contributed by atoms with Crippen LogP contribution in [0.4, 0.5) is 0 Å². The first-order chi connectivity index (χ1) is 11.3. The monoisotopic (exact) mass is 392 g/mol. The molecule has 1 fully saturated rings. The first-order valence-corrected chi connectivity index (χ1v) is 8.81. The molecule has 0 atom stereocenters. The first kappa shape index (κ1) is 21.4. The molecule has 10 heteroatoms. The van der Waals surface area contributed by atoms with Crippen molar-refractivity contribution >= 4 is 34.4 Å². The number of hydrogen-bond acceptors (Lipinski definition) is 7. The molecule has 0 aliphatic carbocycles. The molecule has 0 radical (unpaired) electrons. The lowest BCUT2D eigenvalue weighted by Gasteiger charge is -2.29. The predicted octanol–water partition coefficient (Wildman–Crippen LogP) is 0.793. The Morgan fingerprint density at radius 1 is 1.12 bits per heavy atom. The maximum absolute atomic E-state index is 12.9. The molecule has 1 aliphatic rings. The summed E-state index contributed by atoms with van der Waals surface area (Å²) in [6.45, 7) is 0.513. The number of rotatable bonds is 4. The normalized spacial score (nSPS) is 16.0. The van der Waals surface area contributed by atoms with Crippen molar-refractivity contribution in [1.82, 2.24) is 4.31 Å². The van der Waals surface area contributed by atoms with Crippen LogP contribution in [0.25, 0.3) is 0 Å². The van der Waals surface area contributed by atoms with E-state index in [9.17, 15) is 18.0 Å². The maximum Gasteiger partial charge on any atom is 0.339 e. The molecule has 0 saturated carbocycles. The summed E-state index contributed by atoms with van der Waals surface area (Å²) in [6.07, 6.45) is 1.06. The molecule has 1 aliphatic heterocycles. The van der Waals surface area contributed by atoms with Crippen molar-refractivity contribution in [3.63, 3.8) is 0 Å². The average molecular weight is 393 g/mol. The van der Waals surface area contributed by atoms with Crippen LogP contribution in [0.15, 0.2) is 23.1 Å². The lowest BCUT2D eigenvalue weighted by molar-refractivity contribution is 0.0583. The Morgan fingerprint density at radius 2 is 1.68 bits per heavy atom. The summed E-state index contributed by atoms with van der Waals surface area (Å²) in [4.78, 5) is 23.4. The van der Waals surface area contributed by atoms with Crippen LogP contribution in [-0.4, -0.2) is 58.0 Å². The smallest absolute Gasteiger partial charge is 0.339 e. The van der Waals surface area contributed by atoms with Gasteiger partial charge in [0.25, 0.3) is 0 Å². The summed E-state index contributed by atoms with van der Waals surface area (Å²) in [7, 11) is -1.62. The van der Waals surface area contributed by atoms with Gasteiger partial charge in [0.1, 0.15) is 0 Å². The highest BCUT2D eigenvalue weighted by molar-refractivity contribution is 7.89. The number of halogens is 1. The number of nitrogens with two attached hydrogens (primary N) is 1. The number of hydrogen-bond donors (Lipinski definition) is 1. The quantitative estimate of drug-likeness (QED) is 0.753. The van der Waals surface area contributed by atoms with Gasteiger partial charge in [0.2, 0.25) is 10.0 Å². The molecule has 1 heterocycles. The SMILES string of the molecule is COC(=O)c1ccc(C(=O)OC)c(S(=O)(=O)N2CCC(N)CC2)c1.Cl. The summed E-state index contributed by atoms with van der Waals surface area (Å²) < 4.78 is 36.4. The van der Waals surface area contributed by atoms with Crippen molar-refractivity contribution in [3.8, 4) is 0 Å². The minimum absolute atomic E-state index is 0.